The highest BCUT2D eigenvalue weighted by molar-refractivity contribution is 7.90. The third-order valence-electron chi connectivity index (χ3n) is 2.89. The van der Waals surface area contributed by atoms with E-state index >= 15 is 0 Å². The maximum absolute atomic E-state index is 12.0. The fourth-order valence-electron chi connectivity index (χ4n) is 1.78. The van der Waals surface area contributed by atoms with Gasteiger partial charge in [0.05, 0.1) is 18.2 Å². The lowest BCUT2D eigenvalue weighted by molar-refractivity contribution is 0.136. The van der Waals surface area contributed by atoms with Gasteiger partial charge in [-0.3, -0.25) is 0 Å². The van der Waals surface area contributed by atoms with Gasteiger partial charge in [0.15, 0.2) is 5.25 Å². The van der Waals surface area contributed by atoms with Gasteiger partial charge in [-0.1, -0.05) is 6.92 Å². The monoisotopic (exact) mass is 247 g/mol. The molecule has 0 radical (unpaired) electrons. The molecule has 1 aliphatic rings. The zero-order valence-corrected chi connectivity index (χ0v) is 10.2. The Morgan fingerprint density at radius 3 is 2.62 bits per heavy atom. The molecule has 1 aliphatic heterocycles. The molecule has 16 heavy (non-hydrogen) atoms. The van der Waals surface area contributed by atoms with Gasteiger partial charge in [0.2, 0.25) is 10.0 Å². The Balaban J connectivity index is 2.88. The minimum atomic E-state index is -3.65. The fourth-order valence-corrected chi connectivity index (χ4v) is 3.33. The molecule has 1 rings (SSSR count). The zero-order valence-electron chi connectivity index (χ0n) is 9.42. The van der Waals surface area contributed by atoms with Crippen LogP contribution in [0.4, 0.5) is 0 Å². The summed E-state index contributed by atoms with van der Waals surface area (Å²) in [5, 5.41) is 20.3. The van der Waals surface area contributed by atoms with Crippen molar-refractivity contribution in [1.82, 2.24) is 9.62 Å². The van der Waals surface area contributed by atoms with Crippen LogP contribution in [0, 0.1) is 11.3 Å². The van der Waals surface area contributed by atoms with Gasteiger partial charge in [-0.05, 0) is 6.42 Å². The molecule has 0 aromatic carbocycles. The van der Waals surface area contributed by atoms with Crippen molar-refractivity contribution in [2.24, 2.45) is 0 Å². The maximum atomic E-state index is 12.0. The molecule has 1 fully saturated rings. The van der Waals surface area contributed by atoms with E-state index in [9.17, 15) is 13.5 Å². The molecule has 92 valence electrons. The van der Waals surface area contributed by atoms with Gasteiger partial charge in [-0.15, -0.1) is 0 Å². The average molecular weight is 247 g/mol. The van der Waals surface area contributed by atoms with Gasteiger partial charge in [0.25, 0.3) is 0 Å². The van der Waals surface area contributed by atoms with Crippen molar-refractivity contribution in [3.8, 4) is 6.07 Å². The molecule has 0 amide bonds. The summed E-state index contributed by atoms with van der Waals surface area (Å²) in [6.45, 7) is 2.45. The number of nitrogens with one attached hydrogen (secondary N) is 1. The van der Waals surface area contributed by atoms with Crippen molar-refractivity contribution < 1.29 is 13.5 Å². The minimum Gasteiger partial charge on any atom is -0.390 e. The maximum Gasteiger partial charge on any atom is 0.230 e. The normalized spacial score (nSPS) is 27.9. The van der Waals surface area contributed by atoms with Crippen LogP contribution < -0.4 is 5.32 Å². The highest BCUT2D eigenvalue weighted by Crippen LogP contribution is 2.17. The van der Waals surface area contributed by atoms with Crippen LogP contribution in [0.1, 0.15) is 13.3 Å². The summed E-state index contributed by atoms with van der Waals surface area (Å²) in [5.74, 6) is 0. The van der Waals surface area contributed by atoms with Crippen molar-refractivity contribution in [2.45, 2.75) is 30.7 Å². The van der Waals surface area contributed by atoms with Crippen molar-refractivity contribution in [1.29, 1.82) is 5.26 Å². The van der Waals surface area contributed by atoms with Crippen molar-refractivity contribution in [3.63, 3.8) is 0 Å². The molecule has 0 spiro atoms. The third kappa shape index (κ3) is 2.35. The van der Waals surface area contributed by atoms with Gasteiger partial charge in [-0.2, -0.15) is 9.57 Å². The number of β-amino-alcohol motifs (C(OH)–C–C–N with tert-alkyl or cyclic N) is 1. The van der Waals surface area contributed by atoms with Gasteiger partial charge in [0.1, 0.15) is 0 Å². The molecule has 0 aliphatic carbocycles. The Kier molecular flexibility index (Phi) is 4.27. The number of rotatable bonds is 4. The standard InChI is InChI=1S/C9H17N3O3S/c1-3-7(4-10)16(14,15)12(2)8-5-11-6-9(8)13/h7-9,11,13H,3,5-6H2,1-2H3/t7?,8-,9-/m1/s1. The molecule has 1 saturated heterocycles. The lowest BCUT2D eigenvalue weighted by Crippen LogP contribution is -2.47. The molecular weight excluding hydrogens is 230 g/mol. The topological polar surface area (TPSA) is 93.4 Å². The van der Waals surface area contributed by atoms with E-state index in [1.807, 2.05) is 0 Å². The summed E-state index contributed by atoms with van der Waals surface area (Å²) in [6.07, 6.45) is -0.463. The van der Waals surface area contributed by atoms with Crippen LogP contribution in [-0.2, 0) is 10.0 Å². The van der Waals surface area contributed by atoms with E-state index in [0.29, 0.717) is 13.1 Å². The number of hydrogen-bond donors (Lipinski definition) is 2. The van der Waals surface area contributed by atoms with Crippen LogP contribution in [0.2, 0.25) is 0 Å². The quantitative estimate of drug-likeness (QED) is 0.656. The van der Waals surface area contributed by atoms with Gasteiger partial charge in [0, 0.05) is 20.1 Å². The highest BCUT2D eigenvalue weighted by Gasteiger charge is 2.38. The number of likely N-dealkylation sites (N-methyl/N-ethyl adjacent to an activating group) is 1. The first-order chi connectivity index (χ1) is 7.45. The van der Waals surface area contributed by atoms with E-state index < -0.39 is 27.4 Å². The molecule has 7 heteroatoms. The first-order valence-corrected chi connectivity index (χ1v) is 6.70. The summed E-state index contributed by atoms with van der Waals surface area (Å²) in [5.41, 5.74) is 0. The smallest absolute Gasteiger partial charge is 0.230 e. The van der Waals surface area contributed by atoms with E-state index in [2.05, 4.69) is 5.32 Å². The average Bonchev–Trinajstić information content (AvgIpc) is 2.64. The summed E-state index contributed by atoms with van der Waals surface area (Å²) in [4.78, 5) is 0. The molecule has 6 nitrogen and oxygen atoms in total. The summed E-state index contributed by atoms with van der Waals surface area (Å²) < 4.78 is 25.1. The highest BCUT2D eigenvalue weighted by atomic mass is 32.2. The Morgan fingerprint density at radius 2 is 2.25 bits per heavy atom. The second-order valence-electron chi connectivity index (χ2n) is 3.88. The fraction of sp³-hybridized carbons (Fsp3) is 0.889. The van der Waals surface area contributed by atoms with Gasteiger partial charge < -0.3 is 10.4 Å². The zero-order chi connectivity index (χ0) is 12.3. The molecular formula is C9H17N3O3S. The number of hydrogen-bond acceptors (Lipinski definition) is 5. The second kappa shape index (κ2) is 5.10. The van der Waals surface area contributed by atoms with Gasteiger partial charge >= 0.3 is 0 Å². The van der Waals surface area contributed by atoms with Crippen molar-refractivity contribution in [3.05, 3.63) is 0 Å². The predicted molar refractivity (Wildman–Crippen MR) is 59.0 cm³/mol. The van der Waals surface area contributed by atoms with Gasteiger partial charge in [-0.25, -0.2) is 8.42 Å². The number of aliphatic hydroxyl groups is 1. The van der Waals surface area contributed by atoms with Crippen LogP contribution in [0.5, 0.6) is 0 Å². The van der Waals surface area contributed by atoms with Crippen LogP contribution in [-0.4, -0.2) is 55.4 Å². The number of nitrogens with zero attached hydrogens (tertiary/aromatic N) is 2. The summed E-state index contributed by atoms with van der Waals surface area (Å²) in [7, 11) is -2.23. The largest absolute Gasteiger partial charge is 0.390 e. The van der Waals surface area contributed by atoms with E-state index in [-0.39, 0.29) is 6.42 Å². The van der Waals surface area contributed by atoms with Crippen LogP contribution in [0.3, 0.4) is 0 Å². The lowest BCUT2D eigenvalue weighted by atomic mass is 10.2. The summed E-state index contributed by atoms with van der Waals surface area (Å²) in [6, 6.07) is 1.30. The number of aliphatic hydroxyl groups excluding tert-OH is 1. The van der Waals surface area contributed by atoms with E-state index in [4.69, 9.17) is 5.26 Å². The number of sulfonamides is 1. The first kappa shape index (κ1) is 13.4. The lowest BCUT2D eigenvalue weighted by Gasteiger charge is -2.27. The first-order valence-electron chi connectivity index (χ1n) is 5.20. The molecule has 2 N–H and O–H groups in total. The van der Waals surface area contributed by atoms with Crippen molar-refractivity contribution >= 4 is 10.0 Å². The molecule has 1 heterocycles. The van der Waals surface area contributed by atoms with Crippen LogP contribution in [0.15, 0.2) is 0 Å². The SMILES string of the molecule is CCC(C#N)S(=O)(=O)N(C)[C@@H]1CNC[C@H]1O. The number of nitriles is 1. The Labute approximate surface area is 95.9 Å². The Bertz CT molecular complexity index is 376. The molecule has 1 unspecified atom stereocenters. The Morgan fingerprint density at radius 1 is 1.62 bits per heavy atom. The molecule has 0 aromatic heterocycles. The molecule has 0 bridgehead atoms. The second-order valence-corrected chi connectivity index (χ2v) is 6.06. The van der Waals surface area contributed by atoms with E-state index in [0.717, 1.165) is 4.31 Å². The minimum absolute atomic E-state index is 0.249. The van der Waals surface area contributed by atoms with Crippen LogP contribution >= 0.6 is 0 Å². The molecule has 3 atom stereocenters. The van der Waals surface area contributed by atoms with E-state index in [1.165, 1.54) is 7.05 Å². The van der Waals surface area contributed by atoms with E-state index in [1.54, 1.807) is 13.0 Å². The predicted octanol–water partition coefficient (Wildman–Crippen LogP) is -1.12. The summed E-state index contributed by atoms with van der Waals surface area (Å²) >= 11 is 0. The molecule has 0 saturated carbocycles. The van der Waals surface area contributed by atoms with Crippen LogP contribution in [0.25, 0.3) is 0 Å². The molecule has 0 aromatic rings. The van der Waals surface area contributed by atoms with Crippen molar-refractivity contribution in [2.75, 3.05) is 20.1 Å². The third-order valence-corrected chi connectivity index (χ3v) is 5.13. The Hall–Kier alpha value is -0.680.